The van der Waals surface area contributed by atoms with Gasteiger partial charge in [0.05, 0.1) is 11.3 Å². The topological polar surface area (TPSA) is 69.6 Å². The summed E-state index contributed by atoms with van der Waals surface area (Å²) >= 11 is 3.24. The summed E-state index contributed by atoms with van der Waals surface area (Å²) in [4.78, 5) is 24.4. The second-order valence-corrected chi connectivity index (χ2v) is 5.15. The van der Waals surface area contributed by atoms with Crippen molar-refractivity contribution in [1.29, 1.82) is 0 Å². The van der Waals surface area contributed by atoms with Gasteiger partial charge in [0.2, 0.25) is 0 Å². The molecule has 0 unspecified atom stereocenters. The van der Waals surface area contributed by atoms with Crippen LogP contribution in [0.4, 0.5) is 10.5 Å². The number of carbonyl (C=O) groups is 2. The summed E-state index contributed by atoms with van der Waals surface area (Å²) < 4.78 is 0.690. The Hall–Kier alpha value is -1.82. The standard InChI is InChI=1S/C13H15BrN2O3/c1-8(2)7-16(3)13(19)15-11-6-9(14)4-5-10(11)12(17)18/h4-6H,1,7H2,2-3H3,(H,15,19)(H,17,18). The van der Waals surface area contributed by atoms with Crippen molar-refractivity contribution in [3.05, 3.63) is 40.4 Å². The fraction of sp³-hybridized carbons (Fsp3) is 0.231. The van der Waals surface area contributed by atoms with Crippen LogP contribution in [0.3, 0.4) is 0 Å². The second-order valence-electron chi connectivity index (χ2n) is 4.24. The second kappa shape index (κ2) is 6.38. The van der Waals surface area contributed by atoms with E-state index in [1.54, 1.807) is 19.2 Å². The van der Waals surface area contributed by atoms with E-state index in [1.165, 1.54) is 11.0 Å². The zero-order valence-electron chi connectivity index (χ0n) is 10.7. The Morgan fingerprint density at radius 3 is 2.63 bits per heavy atom. The van der Waals surface area contributed by atoms with Gasteiger partial charge in [-0.25, -0.2) is 9.59 Å². The molecule has 1 aromatic rings. The van der Waals surface area contributed by atoms with Crippen LogP contribution in [-0.4, -0.2) is 35.6 Å². The minimum Gasteiger partial charge on any atom is -0.478 e. The van der Waals surface area contributed by atoms with Gasteiger partial charge in [-0.3, -0.25) is 0 Å². The molecule has 0 aliphatic rings. The van der Waals surface area contributed by atoms with Crippen molar-refractivity contribution >= 4 is 33.6 Å². The van der Waals surface area contributed by atoms with Gasteiger partial charge in [0.25, 0.3) is 0 Å². The molecule has 2 N–H and O–H groups in total. The summed E-state index contributed by atoms with van der Waals surface area (Å²) in [5, 5.41) is 11.6. The predicted molar refractivity (Wildman–Crippen MR) is 77.6 cm³/mol. The van der Waals surface area contributed by atoms with Crippen LogP contribution in [0.2, 0.25) is 0 Å². The van der Waals surface area contributed by atoms with Crippen LogP contribution < -0.4 is 5.32 Å². The van der Waals surface area contributed by atoms with E-state index in [-0.39, 0.29) is 17.3 Å². The van der Waals surface area contributed by atoms with Crippen LogP contribution in [0.5, 0.6) is 0 Å². The zero-order chi connectivity index (χ0) is 14.6. The van der Waals surface area contributed by atoms with E-state index in [4.69, 9.17) is 5.11 Å². The molecule has 102 valence electrons. The number of aromatic carboxylic acids is 1. The summed E-state index contributed by atoms with van der Waals surface area (Å²) in [6, 6.07) is 4.21. The summed E-state index contributed by atoms with van der Waals surface area (Å²) in [5.41, 5.74) is 1.13. The molecule has 0 atom stereocenters. The van der Waals surface area contributed by atoms with Gasteiger partial charge in [-0.2, -0.15) is 0 Å². The molecule has 1 rings (SSSR count). The maximum Gasteiger partial charge on any atom is 0.337 e. The minimum absolute atomic E-state index is 0.0419. The number of hydrogen-bond donors (Lipinski definition) is 2. The third kappa shape index (κ3) is 4.40. The van der Waals surface area contributed by atoms with Gasteiger partial charge in [-0.15, -0.1) is 0 Å². The number of benzene rings is 1. The number of nitrogens with one attached hydrogen (secondary N) is 1. The normalized spacial score (nSPS) is 9.84. The third-order valence-electron chi connectivity index (χ3n) is 2.31. The van der Waals surface area contributed by atoms with Gasteiger partial charge in [0.1, 0.15) is 0 Å². The van der Waals surface area contributed by atoms with E-state index in [2.05, 4.69) is 27.8 Å². The number of hydrogen-bond acceptors (Lipinski definition) is 2. The molecule has 0 saturated carbocycles. The highest BCUT2D eigenvalue weighted by Crippen LogP contribution is 2.22. The molecule has 0 aliphatic carbocycles. The molecule has 0 aromatic heterocycles. The first kappa shape index (κ1) is 15.2. The third-order valence-corrected chi connectivity index (χ3v) is 2.80. The molecule has 19 heavy (non-hydrogen) atoms. The van der Waals surface area contributed by atoms with Crippen LogP contribution in [0.1, 0.15) is 17.3 Å². The number of carbonyl (C=O) groups excluding carboxylic acids is 1. The number of likely N-dealkylation sites (N-methyl/N-ethyl adjacent to an activating group) is 1. The molecular formula is C13H15BrN2O3. The molecule has 0 heterocycles. The van der Waals surface area contributed by atoms with Gasteiger partial charge in [-0.05, 0) is 25.1 Å². The Balaban J connectivity index is 2.92. The number of amides is 2. The quantitative estimate of drug-likeness (QED) is 0.835. The smallest absolute Gasteiger partial charge is 0.337 e. The number of urea groups is 1. The number of rotatable bonds is 4. The molecule has 0 spiro atoms. The molecule has 6 heteroatoms. The Morgan fingerprint density at radius 2 is 2.11 bits per heavy atom. The maximum atomic E-state index is 11.9. The number of anilines is 1. The monoisotopic (exact) mass is 326 g/mol. The summed E-state index contributed by atoms with van der Waals surface area (Å²) in [6.45, 7) is 5.94. The van der Waals surface area contributed by atoms with Crippen molar-refractivity contribution in [3.63, 3.8) is 0 Å². The number of nitrogens with zero attached hydrogens (tertiary/aromatic N) is 1. The highest BCUT2D eigenvalue weighted by atomic mass is 79.9. The maximum absolute atomic E-state index is 11.9. The molecule has 0 aliphatic heterocycles. The lowest BCUT2D eigenvalue weighted by Crippen LogP contribution is -2.32. The molecular weight excluding hydrogens is 312 g/mol. The van der Waals surface area contributed by atoms with E-state index in [9.17, 15) is 9.59 Å². The Bertz CT molecular complexity index is 529. The first-order valence-corrected chi connectivity index (χ1v) is 6.30. The minimum atomic E-state index is -1.09. The molecule has 5 nitrogen and oxygen atoms in total. The van der Waals surface area contributed by atoms with Gasteiger partial charge in [-0.1, -0.05) is 28.1 Å². The first-order chi connectivity index (χ1) is 8.81. The SMILES string of the molecule is C=C(C)CN(C)C(=O)Nc1cc(Br)ccc1C(=O)O. The Kier molecular flexibility index (Phi) is 5.11. The molecule has 1 aromatic carbocycles. The lowest BCUT2D eigenvalue weighted by atomic mass is 10.2. The summed E-state index contributed by atoms with van der Waals surface area (Å²) in [7, 11) is 1.61. The van der Waals surface area contributed by atoms with E-state index in [1.807, 2.05) is 6.92 Å². The van der Waals surface area contributed by atoms with E-state index in [0.717, 1.165) is 5.57 Å². The number of carboxylic acid groups (broad SMARTS) is 1. The highest BCUT2D eigenvalue weighted by molar-refractivity contribution is 9.10. The van der Waals surface area contributed by atoms with Gasteiger partial charge in [0.15, 0.2) is 0 Å². The van der Waals surface area contributed by atoms with Crippen molar-refractivity contribution < 1.29 is 14.7 Å². The van der Waals surface area contributed by atoms with Crippen molar-refractivity contribution in [1.82, 2.24) is 4.90 Å². The molecule has 2 amide bonds. The highest BCUT2D eigenvalue weighted by Gasteiger charge is 2.15. The Morgan fingerprint density at radius 1 is 1.47 bits per heavy atom. The fourth-order valence-corrected chi connectivity index (χ4v) is 1.85. The van der Waals surface area contributed by atoms with E-state index in [0.29, 0.717) is 11.0 Å². The van der Waals surface area contributed by atoms with Crippen LogP contribution in [0.15, 0.2) is 34.8 Å². The molecule has 0 saturated heterocycles. The van der Waals surface area contributed by atoms with Crippen LogP contribution in [0, 0.1) is 0 Å². The molecule has 0 radical (unpaired) electrons. The summed E-state index contributed by atoms with van der Waals surface area (Å²) in [6.07, 6.45) is 0. The first-order valence-electron chi connectivity index (χ1n) is 5.50. The van der Waals surface area contributed by atoms with Crippen LogP contribution >= 0.6 is 15.9 Å². The summed E-state index contributed by atoms with van der Waals surface area (Å²) in [5.74, 6) is -1.09. The number of carboxylic acids is 1. The zero-order valence-corrected chi connectivity index (χ0v) is 12.3. The van der Waals surface area contributed by atoms with Crippen molar-refractivity contribution in [2.75, 3.05) is 18.9 Å². The predicted octanol–water partition coefficient (Wildman–Crippen LogP) is 3.19. The van der Waals surface area contributed by atoms with Crippen molar-refractivity contribution in [2.24, 2.45) is 0 Å². The van der Waals surface area contributed by atoms with Gasteiger partial charge >= 0.3 is 12.0 Å². The van der Waals surface area contributed by atoms with Crippen molar-refractivity contribution in [3.8, 4) is 0 Å². The van der Waals surface area contributed by atoms with Crippen LogP contribution in [0.25, 0.3) is 0 Å². The lowest BCUT2D eigenvalue weighted by Gasteiger charge is -2.18. The fourth-order valence-electron chi connectivity index (χ4n) is 1.49. The van der Waals surface area contributed by atoms with Crippen molar-refractivity contribution in [2.45, 2.75) is 6.92 Å². The molecule has 0 fully saturated rings. The Labute approximate surface area is 120 Å². The van der Waals surface area contributed by atoms with Gasteiger partial charge in [0, 0.05) is 18.1 Å². The van der Waals surface area contributed by atoms with Gasteiger partial charge < -0.3 is 15.3 Å². The van der Waals surface area contributed by atoms with E-state index < -0.39 is 5.97 Å². The average molecular weight is 327 g/mol. The largest absolute Gasteiger partial charge is 0.478 e. The lowest BCUT2D eigenvalue weighted by molar-refractivity contribution is 0.0698. The number of halogens is 1. The van der Waals surface area contributed by atoms with Crippen LogP contribution in [-0.2, 0) is 0 Å². The molecule has 0 bridgehead atoms. The van der Waals surface area contributed by atoms with E-state index >= 15 is 0 Å². The average Bonchev–Trinajstić information content (AvgIpc) is 2.27.